The molecule has 0 saturated heterocycles. The summed E-state index contributed by atoms with van der Waals surface area (Å²) in [5, 5.41) is 11.7. The van der Waals surface area contributed by atoms with Gasteiger partial charge in [0, 0.05) is 17.3 Å². The lowest BCUT2D eigenvalue weighted by Crippen LogP contribution is -2.35. The van der Waals surface area contributed by atoms with E-state index in [1.807, 2.05) is 0 Å². The van der Waals surface area contributed by atoms with Gasteiger partial charge in [0.05, 0.1) is 0 Å². The number of hydrogen-bond acceptors (Lipinski definition) is 2. The Hall–Kier alpha value is -0.940. The van der Waals surface area contributed by atoms with Crippen LogP contribution in [0.5, 0.6) is 0 Å². The van der Waals surface area contributed by atoms with E-state index >= 15 is 0 Å². The molecule has 0 amide bonds. The summed E-state index contributed by atoms with van der Waals surface area (Å²) in [4.78, 5) is 0. The van der Waals surface area contributed by atoms with Crippen molar-refractivity contribution in [2.75, 3.05) is 11.9 Å². The molecule has 1 rings (SSSR count). The molecule has 16 heavy (non-hydrogen) atoms. The lowest BCUT2D eigenvalue weighted by molar-refractivity contribution is -0.198. The quantitative estimate of drug-likeness (QED) is 0.868. The van der Waals surface area contributed by atoms with Crippen molar-refractivity contribution >= 4 is 17.3 Å². The van der Waals surface area contributed by atoms with Crippen molar-refractivity contribution in [3.05, 3.63) is 28.8 Å². The van der Waals surface area contributed by atoms with E-state index in [-0.39, 0.29) is 0 Å². The summed E-state index contributed by atoms with van der Waals surface area (Å²) < 4.78 is 36.0. The number of halogens is 4. The van der Waals surface area contributed by atoms with E-state index in [2.05, 4.69) is 5.32 Å². The summed E-state index contributed by atoms with van der Waals surface area (Å²) in [6.07, 6.45) is -7.00. The molecular formula is C10H11ClF3NO. The molecule has 2 nitrogen and oxygen atoms in total. The molecule has 0 bridgehead atoms. The van der Waals surface area contributed by atoms with Crippen LogP contribution in [0.1, 0.15) is 5.56 Å². The lowest BCUT2D eigenvalue weighted by Gasteiger charge is -2.16. The minimum Gasteiger partial charge on any atom is -0.382 e. The molecule has 1 aromatic rings. The van der Waals surface area contributed by atoms with E-state index in [0.717, 1.165) is 5.56 Å². The van der Waals surface area contributed by atoms with Crippen molar-refractivity contribution in [3.63, 3.8) is 0 Å². The Morgan fingerprint density at radius 2 is 2.06 bits per heavy atom. The van der Waals surface area contributed by atoms with Crippen LogP contribution < -0.4 is 5.32 Å². The number of benzene rings is 1. The maximum atomic E-state index is 12.0. The van der Waals surface area contributed by atoms with Gasteiger partial charge in [0.15, 0.2) is 6.10 Å². The molecule has 0 saturated carbocycles. The minimum atomic E-state index is -4.61. The molecule has 1 aromatic carbocycles. The van der Waals surface area contributed by atoms with Gasteiger partial charge < -0.3 is 10.4 Å². The van der Waals surface area contributed by atoms with Crippen LogP contribution in [0.15, 0.2) is 18.2 Å². The van der Waals surface area contributed by atoms with Crippen LogP contribution in [0.4, 0.5) is 18.9 Å². The van der Waals surface area contributed by atoms with E-state index < -0.39 is 18.8 Å². The number of rotatable bonds is 3. The Balaban J connectivity index is 2.64. The topological polar surface area (TPSA) is 32.3 Å². The maximum Gasteiger partial charge on any atom is 0.416 e. The second-order valence-corrected chi connectivity index (χ2v) is 3.83. The van der Waals surface area contributed by atoms with Crippen molar-refractivity contribution in [1.82, 2.24) is 0 Å². The normalized spacial score (nSPS) is 13.6. The molecule has 0 fully saturated rings. The second-order valence-electron chi connectivity index (χ2n) is 3.40. The van der Waals surface area contributed by atoms with Crippen molar-refractivity contribution < 1.29 is 18.3 Å². The van der Waals surface area contributed by atoms with Crippen LogP contribution >= 0.6 is 11.6 Å². The van der Waals surface area contributed by atoms with Gasteiger partial charge in [-0.2, -0.15) is 13.2 Å². The highest BCUT2D eigenvalue weighted by Crippen LogP contribution is 2.23. The van der Waals surface area contributed by atoms with E-state index in [0.29, 0.717) is 10.7 Å². The predicted octanol–water partition coefficient (Wildman–Crippen LogP) is 2.98. The van der Waals surface area contributed by atoms with Gasteiger partial charge in [0.25, 0.3) is 0 Å². The third-order valence-electron chi connectivity index (χ3n) is 2.06. The van der Waals surface area contributed by atoms with Gasteiger partial charge in [-0.15, -0.1) is 0 Å². The standard InChI is InChI=1S/C10H11ClF3NO/c1-6-2-3-7(11)4-8(6)15-5-9(16)10(12,13)14/h2-4,9,15-16H,5H2,1H3. The van der Waals surface area contributed by atoms with E-state index in [1.54, 1.807) is 19.1 Å². The van der Waals surface area contributed by atoms with E-state index in [1.165, 1.54) is 6.07 Å². The van der Waals surface area contributed by atoms with E-state index in [4.69, 9.17) is 16.7 Å². The molecule has 0 aliphatic rings. The Labute approximate surface area is 96.0 Å². The Morgan fingerprint density at radius 3 is 2.62 bits per heavy atom. The molecule has 1 unspecified atom stereocenters. The molecule has 0 aliphatic carbocycles. The number of nitrogens with one attached hydrogen (secondary N) is 1. The van der Waals surface area contributed by atoms with Gasteiger partial charge in [0.1, 0.15) is 0 Å². The lowest BCUT2D eigenvalue weighted by atomic mass is 10.2. The van der Waals surface area contributed by atoms with Crippen molar-refractivity contribution in [3.8, 4) is 0 Å². The molecule has 0 heterocycles. The van der Waals surface area contributed by atoms with Crippen LogP contribution in [0.3, 0.4) is 0 Å². The first kappa shape index (κ1) is 13.1. The maximum absolute atomic E-state index is 12.0. The van der Waals surface area contributed by atoms with Crippen LogP contribution in [0.2, 0.25) is 5.02 Å². The Bertz CT molecular complexity index is 368. The van der Waals surface area contributed by atoms with Crippen molar-refractivity contribution in [2.45, 2.75) is 19.2 Å². The molecule has 0 radical (unpaired) electrons. The number of aliphatic hydroxyl groups is 1. The van der Waals surface area contributed by atoms with Crippen LogP contribution in [0, 0.1) is 6.92 Å². The zero-order chi connectivity index (χ0) is 12.3. The number of aliphatic hydroxyl groups excluding tert-OH is 1. The zero-order valence-electron chi connectivity index (χ0n) is 8.48. The SMILES string of the molecule is Cc1ccc(Cl)cc1NCC(O)C(F)(F)F. The molecule has 1 atom stereocenters. The minimum absolute atomic E-state index is 0.426. The third kappa shape index (κ3) is 3.57. The first-order chi connectivity index (χ1) is 7.30. The fourth-order valence-corrected chi connectivity index (χ4v) is 1.28. The summed E-state index contributed by atoms with van der Waals surface area (Å²) in [6, 6.07) is 4.84. The second kappa shape index (κ2) is 4.93. The predicted molar refractivity (Wildman–Crippen MR) is 56.7 cm³/mol. The average Bonchev–Trinajstić information content (AvgIpc) is 2.17. The van der Waals surface area contributed by atoms with Crippen molar-refractivity contribution in [2.24, 2.45) is 0 Å². The summed E-state index contributed by atoms with van der Waals surface area (Å²) >= 11 is 5.70. The Kier molecular flexibility index (Phi) is 4.04. The number of aryl methyl sites for hydroxylation is 1. The van der Waals surface area contributed by atoms with Gasteiger partial charge in [0.2, 0.25) is 0 Å². The summed E-state index contributed by atoms with van der Waals surface area (Å²) in [5.74, 6) is 0. The molecular weight excluding hydrogens is 243 g/mol. The van der Waals surface area contributed by atoms with Gasteiger partial charge in [-0.1, -0.05) is 17.7 Å². The highest BCUT2D eigenvalue weighted by atomic mass is 35.5. The third-order valence-corrected chi connectivity index (χ3v) is 2.30. The van der Waals surface area contributed by atoms with Gasteiger partial charge >= 0.3 is 6.18 Å². The Morgan fingerprint density at radius 1 is 1.44 bits per heavy atom. The fraction of sp³-hybridized carbons (Fsp3) is 0.400. The monoisotopic (exact) mass is 253 g/mol. The highest BCUT2D eigenvalue weighted by Gasteiger charge is 2.37. The summed E-state index contributed by atoms with van der Waals surface area (Å²) in [5.41, 5.74) is 1.24. The van der Waals surface area contributed by atoms with Gasteiger partial charge in [-0.25, -0.2) is 0 Å². The van der Waals surface area contributed by atoms with Gasteiger partial charge in [-0.05, 0) is 24.6 Å². The first-order valence-electron chi connectivity index (χ1n) is 4.55. The number of anilines is 1. The fourth-order valence-electron chi connectivity index (χ4n) is 1.11. The van der Waals surface area contributed by atoms with Crippen LogP contribution in [-0.2, 0) is 0 Å². The average molecular weight is 254 g/mol. The smallest absolute Gasteiger partial charge is 0.382 e. The molecule has 0 spiro atoms. The molecule has 0 aromatic heterocycles. The zero-order valence-corrected chi connectivity index (χ0v) is 9.23. The summed E-state index contributed by atoms with van der Waals surface area (Å²) in [6.45, 7) is 1.14. The molecule has 90 valence electrons. The first-order valence-corrected chi connectivity index (χ1v) is 4.93. The molecule has 0 aliphatic heterocycles. The largest absolute Gasteiger partial charge is 0.416 e. The van der Waals surface area contributed by atoms with Crippen molar-refractivity contribution in [1.29, 1.82) is 0 Å². The van der Waals surface area contributed by atoms with Crippen LogP contribution in [-0.4, -0.2) is 23.9 Å². The molecule has 6 heteroatoms. The molecule has 2 N–H and O–H groups in total. The summed E-state index contributed by atoms with van der Waals surface area (Å²) in [7, 11) is 0. The van der Waals surface area contributed by atoms with Gasteiger partial charge in [-0.3, -0.25) is 0 Å². The highest BCUT2D eigenvalue weighted by molar-refractivity contribution is 6.30. The van der Waals surface area contributed by atoms with Crippen LogP contribution in [0.25, 0.3) is 0 Å². The number of alkyl halides is 3. The van der Waals surface area contributed by atoms with E-state index in [9.17, 15) is 13.2 Å². The number of hydrogen-bond donors (Lipinski definition) is 2.